The van der Waals surface area contributed by atoms with Crippen molar-refractivity contribution in [3.63, 3.8) is 0 Å². The smallest absolute Gasteiger partial charge is 0.415 e. The molecule has 0 atom stereocenters. The molecule has 0 saturated carbocycles. The number of nitrogens with one attached hydrogen (secondary N) is 1. The molecule has 0 aliphatic heterocycles. The van der Waals surface area contributed by atoms with Crippen molar-refractivity contribution in [3.8, 4) is 0 Å². The van der Waals surface area contributed by atoms with Crippen LogP contribution in [0.2, 0.25) is 5.02 Å². The first kappa shape index (κ1) is 19.4. The zero-order valence-corrected chi connectivity index (χ0v) is 14.7. The lowest BCUT2D eigenvalue weighted by atomic mass is 10.0. The van der Waals surface area contributed by atoms with Crippen LogP contribution >= 0.6 is 11.6 Å². The van der Waals surface area contributed by atoms with Gasteiger partial charge in [-0.25, -0.2) is 14.5 Å². The molecule has 8 heteroatoms. The third-order valence-electron chi connectivity index (χ3n) is 3.50. The van der Waals surface area contributed by atoms with Crippen LogP contribution in [0.4, 0.5) is 15.3 Å². The van der Waals surface area contributed by atoms with Crippen LogP contribution in [0.3, 0.4) is 0 Å². The van der Waals surface area contributed by atoms with Crippen LogP contribution < -0.4 is 5.32 Å². The minimum atomic E-state index is -1.38. The maximum atomic E-state index is 12.4. The first-order chi connectivity index (χ1) is 12.4. The Labute approximate surface area is 155 Å². The minimum Gasteiger partial charge on any atom is -0.465 e. The summed E-state index contributed by atoms with van der Waals surface area (Å²) in [4.78, 5) is 36.1. The van der Waals surface area contributed by atoms with Gasteiger partial charge in [0.05, 0.1) is 13.2 Å². The second-order valence-electron chi connectivity index (χ2n) is 5.27. The van der Waals surface area contributed by atoms with E-state index >= 15 is 0 Å². The van der Waals surface area contributed by atoms with E-state index in [1.165, 1.54) is 19.2 Å². The third kappa shape index (κ3) is 5.05. The van der Waals surface area contributed by atoms with Crippen LogP contribution in [0.5, 0.6) is 0 Å². The second kappa shape index (κ2) is 8.98. The summed E-state index contributed by atoms with van der Waals surface area (Å²) < 4.78 is 4.78. The van der Waals surface area contributed by atoms with Crippen molar-refractivity contribution in [2.75, 3.05) is 25.6 Å². The lowest BCUT2D eigenvalue weighted by Crippen LogP contribution is -2.41. The summed E-state index contributed by atoms with van der Waals surface area (Å²) in [6, 6.07) is 11.9. The monoisotopic (exact) mass is 376 g/mol. The number of nitrogens with zero attached hydrogens (tertiary/aromatic N) is 1. The highest BCUT2D eigenvalue weighted by molar-refractivity contribution is 6.30. The SMILES string of the molecule is COCCN(C(=O)O)C(=O)Nc1ccc(C(=O)c2ccc(Cl)cc2)cc1. The van der Waals surface area contributed by atoms with Crippen LogP contribution in [0.25, 0.3) is 0 Å². The highest BCUT2D eigenvalue weighted by Crippen LogP contribution is 2.16. The van der Waals surface area contributed by atoms with E-state index in [1.54, 1.807) is 36.4 Å². The summed E-state index contributed by atoms with van der Waals surface area (Å²) in [7, 11) is 1.41. The van der Waals surface area contributed by atoms with E-state index in [2.05, 4.69) is 5.32 Å². The number of amides is 3. The molecule has 0 unspecified atom stereocenters. The highest BCUT2D eigenvalue weighted by atomic mass is 35.5. The molecule has 0 radical (unpaired) electrons. The molecule has 0 saturated heterocycles. The number of hydrogen-bond acceptors (Lipinski definition) is 4. The third-order valence-corrected chi connectivity index (χ3v) is 3.75. The summed E-state index contributed by atoms with van der Waals surface area (Å²) in [5.41, 5.74) is 1.29. The van der Waals surface area contributed by atoms with E-state index in [4.69, 9.17) is 21.4 Å². The van der Waals surface area contributed by atoms with Gasteiger partial charge in [-0.15, -0.1) is 0 Å². The van der Waals surface area contributed by atoms with Crippen molar-refractivity contribution >= 4 is 35.2 Å². The van der Waals surface area contributed by atoms with Crippen molar-refractivity contribution in [1.82, 2.24) is 4.90 Å². The molecule has 0 heterocycles. The molecule has 7 nitrogen and oxygen atoms in total. The summed E-state index contributed by atoms with van der Waals surface area (Å²) >= 11 is 5.81. The van der Waals surface area contributed by atoms with Gasteiger partial charge in [0.1, 0.15) is 0 Å². The van der Waals surface area contributed by atoms with Crippen LogP contribution in [-0.2, 0) is 4.74 Å². The Morgan fingerprint density at radius 2 is 1.58 bits per heavy atom. The normalized spacial score (nSPS) is 10.2. The molecule has 26 heavy (non-hydrogen) atoms. The zero-order valence-electron chi connectivity index (χ0n) is 13.9. The van der Waals surface area contributed by atoms with Crippen molar-refractivity contribution < 1.29 is 24.2 Å². The summed E-state index contributed by atoms with van der Waals surface area (Å²) in [5.74, 6) is -0.188. The lowest BCUT2D eigenvalue weighted by Gasteiger charge is -2.17. The van der Waals surface area contributed by atoms with E-state index in [9.17, 15) is 14.4 Å². The maximum Gasteiger partial charge on any atom is 0.415 e. The van der Waals surface area contributed by atoms with Crippen molar-refractivity contribution in [1.29, 1.82) is 0 Å². The van der Waals surface area contributed by atoms with Gasteiger partial charge in [-0.3, -0.25) is 4.79 Å². The van der Waals surface area contributed by atoms with Crippen molar-refractivity contribution in [2.24, 2.45) is 0 Å². The van der Waals surface area contributed by atoms with Gasteiger partial charge in [-0.1, -0.05) is 11.6 Å². The molecule has 2 aromatic carbocycles. The standard InChI is InChI=1S/C18H17ClN2O5/c1-26-11-10-21(18(24)25)17(23)20-15-8-4-13(5-9-15)16(22)12-2-6-14(19)7-3-12/h2-9H,10-11H2,1H3,(H,20,23)(H,24,25). The molecule has 0 bridgehead atoms. The zero-order chi connectivity index (χ0) is 19.1. The number of rotatable bonds is 6. The Morgan fingerprint density at radius 1 is 1.04 bits per heavy atom. The molecule has 0 aliphatic carbocycles. The topological polar surface area (TPSA) is 95.9 Å². The molecular weight excluding hydrogens is 360 g/mol. The van der Waals surface area contributed by atoms with Crippen LogP contribution in [0.15, 0.2) is 48.5 Å². The highest BCUT2D eigenvalue weighted by Gasteiger charge is 2.20. The average molecular weight is 377 g/mol. The molecule has 3 amide bonds. The molecule has 2 aromatic rings. The van der Waals surface area contributed by atoms with E-state index in [0.29, 0.717) is 26.7 Å². The quantitative estimate of drug-likeness (QED) is 0.749. The summed E-state index contributed by atoms with van der Waals surface area (Å²) in [5, 5.41) is 12.1. The molecule has 2 N–H and O–H groups in total. The Kier molecular flexibility index (Phi) is 6.71. The van der Waals surface area contributed by atoms with Gasteiger partial charge in [0, 0.05) is 28.9 Å². The van der Waals surface area contributed by atoms with E-state index in [0.717, 1.165) is 0 Å². The lowest BCUT2D eigenvalue weighted by molar-refractivity contribution is 0.103. The molecule has 136 valence electrons. The predicted molar refractivity (Wildman–Crippen MR) is 97.0 cm³/mol. The predicted octanol–water partition coefficient (Wildman–Crippen LogP) is 3.73. The van der Waals surface area contributed by atoms with Gasteiger partial charge in [0.15, 0.2) is 5.78 Å². The van der Waals surface area contributed by atoms with Gasteiger partial charge in [0.2, 0.25) is 0 Å². The Hall–Kier alpha value is -2.90. The minimum absolute atomic E-state index is 0.0915. The number of ketones is 1. The molecule has 0 spiro atoms. The Bertz CT molecular complexity index is 790. The van der Waals surface area contributed by atoms with Crippen LogP contribution in [-0.4, -0.2) is 48.2 Å². The van der Waals surface area contributed by atoms with Gasteiger partial charge in [-0.2, -0.15) is 0 Å². The molecular formula is C18H17ClN2O5. The molecule has 0 fully saturated rings. The number of benzene rings is 2. The summed E-state index contributed by atoms with van der Waals surface area (Å²) in [6.07, 6.45) is -1.38. The van der Waals surface area contributed by atoms with E-state index < -0.39 is 12.1 Å². The fourth-order valence-electron chi connectivity index (χ4n) is 2.13. The number of ether oxygens (including phenoxy) is 1. The van der Waals surface area contributed by atoms with Gasteiger partial charge >= 0.3 is 12.1 Å². The van der Waals surface area contributed by atoms with E-state index in [1.807, 2.05) is 0 Å². The first-order valence-electron chi connectivity index (χ1n) is 7.63. The van der Waals surface area contributed by atoms with Crippen molar-refractivity contribution in [2.45, 2.75) is 0 Å². The molecule has 0 aliphatic rings. The van der Waals surface area contributed by atoms with Crippen LogP contribution in [0.1, 0.15) is 15.9 Å². The van der Waals surface area contributed by atoms with Gasteiger partial charge in [-0.05, 0) is 48.5 Å². The fourth-order valence-corrected chi connectivity index (χ4v) is 2.26. The average Bonchev–Trinajstić information content (AvgIpc) is 2.62. The number of halogens is 1. The number of methoxy groups -OCH3 is 1. The number of urea groups is 1. The number of hydrogen-bond donors (Lipinski definition) is 2. The maximum absolute atomic E-state index is 12.4. The second-order valence-corrected chi connectivity index (χ2v) is 5.71. The fraction of sp³-hybridized carbons (Fsp3) is 0.167. The molecule has 0 aromatic heterocycles. The van der Waals surface area contributed by atoms with Gasteiger partial charge < -0.3 is 15.2 Å². The van der Waals surface area contributed by atoms with E-state index in [-0.39, 0.29) is 18.9 Å². The van der Waals surface area contributed by atoms with Crippen molar-refractivity contribution in [3.05, 3.63) is 64.7 Å². The Morgan fingerprint density at radius 3 is 2.08 bits per heavy atom. The largest absolute Gasteiger partial charge is 0.465 e. The van der Waals surface area contributed by atoms with Gasteiger partial charge in [0.25, 0.3) is 0 Å². The number of carboxylic acid groups (broad SMARTS) is 1. The summed E-state index contributed by atoms with van der Waals surface area (Å²) in [6.45, 7) is -0.000938. The number of carbonyl (C=O) groups excluding carboxylic acids is 2. The number of imide groups is 1. The molecule has 2 rings (SSSR count). The number of anilines is 1. The van der Waals surface area contributed by atoms with Crippen LogP contribution in [0, 0.1) is 0 Å². The first-order valence-corrected chi connectivity index (χ1v) is 8.01. The number of carbonyl (C=O) groups is 3. The Balaban J connectivity index is 2.06.